The number of amides is 1. The largest absolute Gasteiger partial charge is 0.756 e. The van der Waals surface area contributed by atoms with Gasteiger partial charge in [-0.05, 0) is 64.2 Å². The highest BCUT2D eigenvalue weighted by Gasteiger charge is 2.23. The van der Waals surface area contributed by atoms with Crippen molar-refractivity contribution in [2.45, 2.75) is 187 Å². The highest BCUT2D eigenvalue weighted by molar-refractivity contribution is 7.45. The van der Waals surface area contributed by atoms with Crippen LogP contribution in [0, 0.1) is 0 Å². The molecule has 0 aromatic heterocycles. The molecule has 2 N–H and O–H groups in total. The highest BCUT2D eigenvalue weighted by atomic mass is 31.2. The zero-order valence-corrected chi connectivity index (χ0v) is 35.8. The lowest BCUT2D eigenvalue weighted by Crippen LogP contribution is -2.45. The zero-order chi connectivity index (χ0) is 39.3. The maximum atomic E-state index is 12.8. The van der Waals surface area contributed by atoms with Crippen molar-refractivity contribution in [2.24, 2.45) is 0 Å². The monoisotopic (exact) mass is 767 g/mol. The molecule has 3 unspecified atom stereocenters. The minimum Gasteiger partial charge on any atom is -0.756 e. The second-order valence-corrected chi connectivity index (χ2v) is 17.1. The van der Waals surface area contributed by atoms with E-state index in [2.05, 4.69) is 55.6 Å². The topological polar surface area (TPSA) is 108 Å². The maximum Gasteiger partial charge on any atom is 0.268 e. The third-order valence-corrected chi connectivity index (χ3v) is 10.2. The van der Waals surface area contributed by atoms with Crippen LogP contribution >= 0.6 is 7.82 Å². The van der Waals surface area contributed by atoms with Gasteiger partial charge < -0.3 is 28.8 Å². The van der Waals surface area contributed by atoms with Gasteiger partial charge in [0.15, 0.2) is 0 Å². The van der Waals surface area contributed by atoms with E-state index in [1.54, 1.807) is 6.08 Å². The van der Waals surface area contributed by atoms with Gasteiger partial charge in [-0.1, -0.05) is 152 Å². The number of nitrogens with one attached hydrogen (secondary N) is 1. The molecule has 0 saturated heterocycles. The predicted octanol–water partition coefficient (Wildman–Crippen LogP) is 11.1. The van der Waals surface area contributed by atoms with Gasteiger partial charge in [0.2, 0.25) is 5.91 Å². The molecule has 9 heteroatoms. The van der Waals surface area contributed by atoms with Crippen molar-refractivity contribution in [1.29, 1.82) is 0 Å². The number of hydrogen-bond acceptors (Lipinski definition) is 6. The second kappa shape index (κ2) is 36.1. The Balaban J connectivity index is 4.40. The number of phosphoric ester groups is 1. The molecule has 0 bridgehead atoms. The van der Waals surface area contributed by atoms with Crippen molar-refractivity contribution in [3.05, 3.63) is 48.6 Å². The van der Waals surface area contributed by atoms with Crippen LogP contribution in [-0.2, 0) is 18.4 Å². The lowest BCUT2D eigenvalue weighted by molar-refractivity contribution is -0.870. The fraction of sp³-hybridized carbons (Fsp3) is 0.795. The number of phosphoric acid groups is 1. The van der Waals surface area contributed by atoms with Crippen molar-refractivity contribution in [1.82, 2.24) is 5.32 Å². The van der Waals surface area contributed by atoms with E-state index in [0.29, 0.717) is 17.4 Å². The van der Waals surface area contributed by atoms with Crippen LogP contribution in [0.1, 0.15) is 174 Å². The van der Waals surface area contributed by atoms with Gasteiger partial charge in [-0.2, -0.15) is 0 Å². The number of unbranched alkanes of at least 4 members (excludes halogenated alkanes) is 19. The van der Waals surface area contributed by atoms with E-state index in [1.807, 2.05) is 27.2 Å². The summed E-state index contributed by atoms with van der Waals surface area (Å²) < 4.78 is 23.1. The molecule has 0 aliphatic heterocycles. The summed E-state index contributed by atoms with van der Waals surface area (Å²) in [4.78, 5) is 25.2. The predicted molar refractivity (Wildman–Crippen MR) is 224 cm³/mol. The third-order valence-electron chi connectivity index (χ3n) is 9.22. The number of allylic oxidation sites excluding steroid dienone is 7. The van der Waals surface area contributed by atoms with Crippen LogP contribution < -0.4 is 10.2 Å². The molecule has 0 aliphatic rings. The van der Waals surface area contributed by atoms with Gasteiger partial charge in [0, 0.05) is 6.42 Å². The molecule has 0 aliphatic carbocycles. The minimum absolute atomic E-state index is 0.0111. The Bertz CT molecular complexity index is 1010. The van der Waals surface area contributed by atoms with Crippen LogP contribution in [-0.4, -0.2) is 68.5 Å². The number of carbonyl (C=O) groups is 1. The maximum absolute atomic E-state index is 12.8. The van der Waals surface area contributed by atoms with E-state index in [9.17, 15) is 19.4 Å². The number of nitrogens with zero attached hydrogens (tertiary/aromatic N) is 1. The van der Waals surface area contributed by atoms with Crippen LogP contribution in [0.2, 0.25) is 0 Å². The Kier molecular flexibility index (Phi) is 35.1. The number of aliphatic hydroxyl groups excluding tert-OH is 1. The van der Waals surface area contributed by atoms with E-state index in [1.165, 1.54) is 103 Å². The fourth-order valence-electron chi connectivity index (χ4n) is 5.77. The SMILES string of the molecule is CCC/C=C/CC/C=C/CC/C=C/C(O)C(COP(=O)([O-])OCC[N+](C)(C)C)NC(=O)CCCCCCCCC/C=C\CCCCCCCCCCC. The molecule has 0 fully saturated rings. The first-order valence-corrected chi connectivity index (χ1v) is 23.0. The molecule has 3 atom stereocenters. The Labute approximate surface area is 327 Å². The van der Waals surface area contributed by atoms with E-state index >= 15 is 0 Å². The summed E-state index contributed by atoms with van der Waals surface area (Å²) in [6.07, 6.45) is 44.5. The first-order valence-electron chi connectivity index (χ1n) is 21.5. The molecule has 0 rings (SSSR count). The number of carbonyl (C=O) groups excluding carboxylic acids is 1. The van der Waals surface area contributed by atoms with Crippen molar-refractivity contribution in [3.63, 3.8) is 0 Å². The second-order valence-electron chi connectivity index (χ2n) is 15.7. The van der Waals surface area contributed by atoms with Crippen molar-refractivity contribution >= 4 is 13.7 Å². The van der Waals surface area contributed by atoms with Gasteiger partial charge in [-0.25, -0.2) is 0 Å². The van der Waals surface area contributed by atoms with Crippen molar-refractivity contribution in [3.8, 4) is 0 Å². The van der Waals surface area contributed by atoms with E-state index in [-0.39, 0.29) is 12.5 Å². The molecule has 0 aromatic rings. The molecular formula is C44H83N2O6P. The minimum atomic E-state index is -4.59. The van der Waals surface area contributed by atoms with Crippen LogP contribution in [0.3, 0.4) is 0 Å². The summed E-state index contributed by atoms with van der Waals surface area (Å²) in [5.74, 6) is -0.220. The number of hydrogen-bond donors (Lipinski definition) is 2. The number of rotatable bonds is 38. The summed E-state index contributed by atoms with van der Waals surface area (Å²) in [7, 11) is 1.22. The smallest absolute Gasteiger partial charge is 0.268 e. The van der Waals surface area contributed by atoms with Crippen molar-refractivity contribution < 1.29 is 32.9 Å². The quantitative estimate of drug-likeness (QED) is 0.0280. The van der Waals surface area contributed by atoms with Gasteiger partial charge in [-0.15, -0.1) is 0 Å². The summed E-state index contributed by atoms with van der Waals surface area (Å²) >= 11 is 0. The van der Waals surface area contributed by atoms with Gasteiger partial charge in [0.25, 0.3) is 7.82 Å². The normalized spacial score (nSPS) is 14.9. The average molecular weight is 767 g/mol. The Hall–Kier alpha value is -1.54. The van der Waals surface area contributed by atoms with Gasteiger partial charge in [0.1, 0.15) is 13.2 Å². The Morgan fingerprint density at radius 1 is 0.642 bits per heavy atom. The number of quaternary nitrogens is 1. The Morgan fingerprint density at radius 2 is 1.09 bits per heavy atom. The summed E-state index contributed by atoms with van der Waals surface area (Å²) in [6, 6.07) is -0.910. The van der Waals surface area contributed by atoms with Crippen LogP contribution in [0.25, 0.3) is 0 Å². The van der Waals surface area contributed by atoms with E-state index in [0.717, 1.165) is 51.4 Å². The van der Waals surface area contributed by atoms with E-state index in [4.69, 9.17) is 9.05 Å². The summed E-state index contributed by atoms with van der Waals surface area (Å²) in [5, 5.41) is 13.7. The molecular weight excluding hydrogens is 683 g/mol. The average Bonchev–Trinajstić information content (AvgIpc) is 3.10. The standard InChI is InChI=1S/C44H83N2O6P/c1-6-8-10-12-14-16-18-19-20-21-22-23-24-25-26-28-30-32-34-36-38-44(48)45-42(41-52-53(49,50)51-40-39-46(3,4)5)43(47)37-35-33-31-29-27-17-15-13-11-9-7-2/h11,13,22-23,27,29,35,37,42-43,47H,6-10,12,14-21,24-26,28,30-34,36,38-41H2,1-5H3,(H-,45,48,49,50)/b13-11+,23-22-,29-27+,37-35+. The molecule has 0 heterocycles. The van der Waals surface area contributed by atoms with Gasteiger partial charge in [-0.3, -0.25) is 9.36 Å². The van der Waals surface area contributed by atoms with Gasteiger partial charge in [0.05, 0.1) is 39.9 Å². The number of likely N-dealkylation sites (N-methyl/N-ethyl adjacent to an activating group) is 1. The number of aliphatic hydroxyl groups is 1. The molecule has 0 spiro atoms. The molecule has 53 heavy (non-hydrogen) atoms. The van der Waals surface area contributed by atoms with Crippen LogP contribution in [0.5, 0.6) is 0 Å². The zero-order valence-electron chi connectivity index (χ0n) is 35.0. The first-order chi connectivity index (χ1) is 25.5. The third kappa shape index (κ3) is 38.5. The highest BCUT2D eigenvalue weighted by Crippen LogP contribution is 2.38. The molecule has 310 valence electrons. The van der Waals surface area contributed by atoms with Crippen molar-refractivity contribution in [2.75, 3.05) is 40.9 Å². The molecule has 1 amide bonds. The van der Waals surface area contributed by atoms with E-state index < -0.39 is 26.6 Å². The van der Waals surface area contributed by atoms with Gasteiger partial charge >= 0.3 is 0 Å². The molecule has 0 saturated carbocycles. The lowest BCUT2D eigenvalue weighted by Gasteiger charge is -2.29. The first kappa shape index (κ1) is 51.5. The molecule has 8 nitrogen and oxygen atoms in total. The lowest BCUT2D eigenvalue weighted by atomic mass is 10.1. The van der Waals surface area contributed by atoms with Crippen LogP contribution in [0.4, 0.5) is 0 Å². The summed E-state index contributed by atoms with van der Waals surface area (Å²) in [5.41, 5.74) is 0. The molecule has 0 aromatic carbocycles. The Morgan fingerprint density at radius 3 is 1.60 bits per heavy atom. The summed E-state index contributed by atoms with van der Waals surface area (Å²) in [6.45, 7) is 4.52. The fourth-order valence-corrected chi connectivity index (χ4v) is 6.50. The molecule has 0 radical (unpaired) electrons. The van der Waals surface area contributed by atoms with Crippen LogP contribution in [0.15, 0.2) is 48.6 Å².